The van der Waals surface area contributed by atoms with Crippen LogP contribution in [0.5, 0.6) is 5.75 Å². The van der Waals surface area contributed by atoms with Gasteiger partial charge in [-0.1, -0.05) is 0 Å². The molecule has 0 radical (unpaired) electrons. The van der Waals surface area contributed by atoms with Crippen LogP contribution in [-0.4, -0.2) is 26.0 Å². The average molecular weight is 274 g/mol. The first-order chi connectivity index (χ1) is 9.08. The SMILES string of the molecule is Cn1nc(C(=O)O)cc1-c1ccc2sccc2c1O. The lowest BCUT2D eigenvalue weighted by atomic mass is 10.1. The molecule has 3 rings (SSSR count). The third-order valence-corrected chi connectivity index (χ3v) is 3.86. The lowest BCUT2D eigenvalue weighted by molar-refractivity contribution is 0.0689. The van der Waals surface area contributed by atoms with Crippen LogP contribution in [0.1, 0.15) is 10.5 Å². The van der Waals surface area contributed by atoms with Gasteiger partial charge in [0.25, 0.3) is 0 Å². The van der Waals surface area contributed by atoms with E-state index in [0.29, 0.717) is 11.3 Å². The zero-order chi connectivity index (χ0) is 13.6. The fraction of sp³-hybridized carbons (Fsp3) is 0.0769. The molecule has 0 aliphatic heterocycles. The van der Waals surface area contributed by atoms with Crippen molar-refractivity contribution in [2.24, 2.45) is 7.05 Å². The first kappa shape index (κ1) is 11.7. The van der Waals surface area contributed by atoms with Gasteiger partial charge < -0.3 is 10.2 Å². The number of hydrogen-bond donors (Lipinski definition) is 2. The maximum Gasteiger partial charge on any atom is 0.356 e. The van der Waals surface area contributed by atoms with E-state index >= 15 is 0 Å². The second-order valence-electron chi connectivity index (χ2n) is 4.14. The Morgan fingerprint density at radius 2 is 2.16 bits per heavy atom. The third-order valence-electron chi connectivity index (χ3n) is 2.98. The van der Waals surface area contributed by atoms with E-state index in [1.54, 1.807) is 24.5 Å². The number of benzene rings is 1. The van der Waals surface area contributed by atoms with Gasteiger partial charge in [0.15, 0.2) is 5.69 Å². The van der Waals surface area contributed by atoms with Gasteiger partial charge in [0.2, 0.25) is 0 Å². The predicted molar refractivity (Wildman–Crippen MR) is 72.7 cm³/mol. The molecule has 6 heteroatoms. The number of carboxylic acids is 1. The number of fused-ring (bicyclic) bond motifs is 1. The second kappa shape index (κ2) is 4.10. The average Bonchev–Trinajstić information content (AvgIpc) is 2.97. The van der Waals surface area contributed by atoms with Crippen LogP contribution in [0.2, 0.25) is 0 Å². The van der Waals surface area contributed by atoms with Crippen molar-refractivity contribution in [1.82, 2.24) is 9.78 Å². The zero-order valence-electron chi connectivity index (χ0n) is 9.99. The van der Waals surface area contributed by atoms with Crippen LogP contribution in [0, 0.1) is 0 Å². The van der Waals surface area contributed by atoms with E-state index in [4.69, 9.17) is 5.11 Å². The van der Waals surface area contributed by atoms with E-state index in [1.165, 1.54) is 10.7 Å². The Balaban J connectivity index is 2.24. The van der Waals surface area contributed by atoms with Crippen molar-refractivity contribution in [3.05, 3.63) is 35.3 Å². The van der Waals surface area contributed by atoms with Gasteiger partial charge >= 0.3 is 5.97 Å². The molecule has 0 atom stereocenters. The standard InChI is InChI=1S/C13H10N2O3S/c1-15-10(6-9(14-15)13(17)18)7-2-3-11-8(12(7)16)4-5-19-11/h2-6,16H,1H3,(H,17,18). The molecular weight excluding hydrogens is 264 g/mol. The van der Waals surface area contributed by atoms with E-state index < -0.39 is 5.97 Å². The molecule has 0 aliphatic rings. The molecule has 0 aliphatic carbocycles. The first-order valence-corrected chi connectivity index (χ1v) is 6.43. The quantitative estimate of drug-likeness (QED) is 0.753. The highest BCUT2D eigenvalue weighted by Gasteiger charge is 2.16. The van der Waals surface area contributed by atoms with Crippen LogP contribution >= 0.6 is 11.3 Å². The van der Waals surface area contributed by atoms with Crippen molar-refractivity contribution >= 4 is 27.4 Å². The summed E-state index contributed by atoms with van der Waals surface area (Å²) in [7, 11) is 1.65. The third kappa shape index (κ3) is 1.77. The van der Waals surface area contributed by atoms with E-state index in [1.807, 2.05) is 17.5 Å². The number of aromatic carboxylic acids is 1. The molecule has 19 heavy (non-hydrogen) atoms. The molecule has 2 N–H and O–H groups in total. The van der Waals surface area contributed by atoms with E-state index in [9.17, 15) is 9.90 Å². The molecule has 0 amide bonds. The number of aromatic nitrogens is 2. The minimum absolute atomic E-state index is 0.0395. The first-order valence-electron chi connectivity index (χ1n) is 5.55. The highest BCUT2D eigenvalue weighted by molar-refractivity contribution is 7.17. The monoisotopic (exact) mass is 274 g/mol. The molecule has 0 unspecified atom stereocenters. The molecule has 96 valence electrons. The molecular formula is C13H10N2O3S. The number of phenols is 1. The van der Waals surface area contributed by atoms with E-state index in [-0.39, 0.29) is 11.4 Å². The number of phenolic OH excluding ortho intramolecular Hbond substituents is 1. The van der Waals surface area contributed by atoms with Crippen molar-refractivity contribution in [3.63, 3.8) is 0 Å². The summed E-state index contributed by atoms with van der Waals surface area (Å²) in [6.45, 7) is 0. The smallest absolute Gasteiger partial charge is 0.356 e. The molecule has 0 saturated heterocycles. The molecule has 2 aromatic heterocycles. The predicted octanol–water partition coefficient (Wildman–Crippen LogP) is 2.71. The second-order valence-corrected chi connectivity index (χ2v) is 5.09. The number of carboxylic acid groups (broad SMARTS) is 1. The number of thiophene rings is 1. The van der Waals surface area contributed by atoms with Crippen LogP contribution in [0.15, 0.2) is 29.6 Å². The van der Waals surface area contributed by atoms with E-state index in [0.717, 1.165) is 10.1 Å². The maximum atomic E-state index is 10.9. The summed E-state index contributed by atoms with van der Waals surface area (Å²) in [5.74, 6) is -0.934. The Bertz CT molecular complexity index is 788. The molecule has 0 spiro atoms. The minimum Gasteiger partial charge on any atom is -0.507 e. The Morgan fingerprint density at radius 3 is 2.84 bits per heavy atom. The van der Waals surface area contributed by atoms with Gasteiger partial charge in [0.1, 0.15) is 5.75 Å². The highest BCUT2D eigenvalue weighted by atomic mass is 32.1. The van der Waals surface area contributed by atoms with Gasteiger partial charge in [0, 0.05) is 22.7 Å². The fourth-order valence-electron chi connectivity index (χ4n) is 2.06. The van der Waals surface area contributed by atoms with Crippen LogP contribution in [-0.2, 0) is 7.05 Å². The minimum atomic E-state index is -1.09. The number of aryl methyl sites for hydroxylation is 1. The molecule has 5 nitrogen and oxygen atoms in total. The largest absolute Gasteiger partial charge is 0.507 e. The topological polar surface area (TPSA) is 75.4 Å². The molecule has 0 bridgehead atoms. The summed E-state index contributed by atoms with van der Waals surface area (Å²) < 4.78 is 2.44. The Labute approximate surface area is 112 Å². The Kier molecular flexibility index (Phi) is 2.53. The van der Waals surface area contributed by atoms with Crippen molar-refractivity contribution in [2.45, 2.75) is 0 Å². The van der Waals surface area contributed by atoms with Crippen molar-refractivity contribution in [3.8, 4) is 17.0 Å². The summed E-state index contributed by atoms with van der Waals surface area (Å²) in [4.78, 5) is 10.9. The maximum absolute atomic E-state index is 10.9. The van der Waals surface area contributed by atoms with Gasteiger partial charge in [-0.25, -0.2) is 4.79 Å². The van der Waals surface area contributed by atoms with Crippen molar-refractivity contribution < 1.29 is 15.0 Å². The molecule has 0 saturated carbocycles. The summed E-state index contributed by atoms with van der Waals surface area (Å²) >= 11 is 1.54. The number of hydrogen-bond acceptors (Lipinski definition) is 4. The summed E-state index contributed by atoms with van der Waals surface area (Å²) in [5, 5.41) is 25.8. The number of nitrogens with zero attached hydrogens (tertiary/aromatic N) is 2. The van der Waals surface area contributed by atoms with Crippen LogP contribution in [0.4, 0.5) is 0 Å². The van der Waals surface area contributed by atoms with Gasteiger partial charge in [0.05, 0.1) is 5.69 Å². The molecule has 2 heterocycles. The Morgan fingerprint density at radius 1 is 1.37 bits per heavy atom. The van der Waals surface area contributed by atoms with Gasteiger partial charge in [-0.2, -0.15) is 5.10 Å². The van der Waals surface area contributed by atoms with E-state index in [2.05, 4.69) is 5.10 Å². The fourth-order valence-corrected chi connectivity index (χ4v) is 2.85. The highest BCUT2D eigenvalue weighted by Crippen LogP contribution is 2.37. The molecule has 0 fully saturated rings. The zero-order valence-corrected chi connectivity index (χ0v) is 10.8. The Hall–Kier alpha value is -2.34. The van der Waals surface area contributed by atoms with Gasteiger partial charge in [-0.05, 0) is 29.6 Å². The number of carbonyl (C=O) groups is 1. The summed E-state index contributed by atoms with van der Waals surface area (Å²) in [6.07, 6.45) is 0. The van der Waals surface area contributed by atoms with Gasteiger partial charge in [-0.3, -0.25) is 4.68 Å². The summed E-state index contributed by atoms with van der Waals surface area (Å²) in [5.41, 5.74) is 1.11. The normalized spacial score (nSPS) is 11.0. The molecule has 1 aromatic carbocycles. The lowest BCUT2D eigenvalue weighted by Gasteiger charge is -2.05. The van der Waals surface area contributed by atoms with Gasteiger partial charge in [-0.15, -0.1) is 11.3 Å². The lowest BCUT2D eigenvalue weighted by Crippen LogP contribution is -1.99. The summed E-state index contributed by atoms with van der Waals surface area (Å²) in [6, 6.07) is 6.97. The number of aromatic hydroxyl groups is 1. The number of rotatable bonds is 2. The molecule has 3 aromatic rings. The van der Waals surface area contributed by atoms with Crippen LogP contribution < -0.4 is 0 Å². The van der Waals surface area contributed by atoms with Crippen LogP contribution in [0.25, 0.3) is 21.3 Å². The van der Waals surface area contributed by atoms with Crippen LogP contribution in [0.3, 0.4) is 0 Å². The van der Waals surface area contributed by atoms with Crippen molar-refractivity contribution in [1.29, 1.82) is 0 Å². The van der Waals surface area contributed by atoms with Crippen molar-refractivity contribution in [2.75, 3.05) is 0 Å².